The minimum absolute atomic E-state index is 0.358. The van der Waals surface area contributed by atoms with E-state index in [1.807, 2.05) is 30.3 Å². The number of benzene rings is 2. The van der Waals surface area contributed by atoms with Crippen LogP contribution in [0.15, 0.2) is 53.1 Å². The van der Waals surface area contributed by atoms with Crippen LogP contribution in [-0.2, 0) is 0 Å². The van der Waals surface area contributed by atoms with Gasteiger partial charge >= 0.3 is 0 Å². The highest BCUT2D eigenvalue weighted by molar-refractivity contribution is 6.33. The van der Waals surface area contributed by atoms with Crippen LogP contribution in [0.2, 0.25) is 5.02 Å². The van der Waals surface area contributed by atoms with E-state index in [9.17, 15) is 0 Å². The molecule has 94 valence electrons. The summed E-state index contributed by atoms with van der Waals surface area (Å²) in [5.74, 6) is 0.880. The van der Waals surface area contributed by atoms with Gasteiger partial charge in [0.2, 0.25) is 5.82 Å². The van der Waals surface area contributed by atoms with E-state index in [4.69, 9.17) is 21.9 Å². The van der Waals surface area contributed by atoms with Gasteiger partial charge in [-0.3, -0.25) is 0 Å². The van der Waals surface area contributed by atoms with Gasteiger partial charge in [0.1, 0.15) is 0 Å². The van der Waals surface area contributed by atoms with E-state index in [0.29, 0.717) is 28.0 Å². The van der Waals surface area contributed by atoms with Crippen LogP contribution in [0, 0.1) is 0 Å². The summed E-state index contributed by atoms with van der Waals surface area (Å²) in [7, 11) is 0. The van der Waals surface area contributed by atoms with Crippen LogP contribution in [0.1, 0.15) is 0 Å². The molecule has 0 aliphatic rings. The fraction of sp³-hybridized carbons (Fsp3) is 0. The number of anilines is 1. The first-order valence-corrected chi connectivity index (χ1v) is 6.06. The number of aromatic nitrogens is 2. The second-order valence-electron chi connectivity index (χ2n) is 4.03. The van der Waals surface area contributed by atoms with Crippen molar-refractivity contribution in [1.82, 2.24) is 10.1 Å². The van der Waals surface area contributed by atoms with Gasteiger partial charge in [0.15, 0.2) is 0 Å². The van der Waals surface area contributed by atoms with Crippen LogP contribution in [0.25, 0.3) is 22.8 Å². The van der Waals surface area contributed by atoms with Crippen molar-refractivity contribution in [2.75, 3.05) is 5.73 Å². The third-order valence-corrected chi connectivity index (χ3v) is 3.01. The molecule has 5 heteroatoms. The molecule has 0 radical (unpaired) electrons. The Morgan fingerprint density at radius 3 is 2.63 bits per heavy atom. The zero-order valence-corrected chi connectivity index (χ0v) is 10.6. The molecule has 3 aromatic rings. The van der Waals surface area contributed by atoms with Crippen LogP contribution >= 0.6 is 11.6 Å². The number of hydrogen-bond donors (Lipinski definition) is 1. The summed E-state index contributed by atoms with van der Waals surface area (Å²) in [5.41, 5.74) is 7.85. The normalized spacial score (nSPS) is 10.6. The molecule has 0 fully saturated rings. The van der Waals surface area contributed by atoms with E-state index in [2.05, 4.69) is 10.1 Å². The lowest BCUT2D eigenvalue weighted by atomic mass is 10.2. The van der Waals surface area contributed by atoms with Crippen molar-refractivity contribution in [1.29, 1.82) is 0 Å². The quantitative estimate of drug-likeness (QED) is 0.723. The van der Waals surface area contributed by atoms with E-state index in [1.165, 1.54) is 0 Å². The standard InChI is InChI=1S/C14H10ClN3O/c15-12-7-6-10(16)8-11(12)14-17-13(18-19-14)9-4-2-1-3-5-9/h1-8H,16H2. The van der Waals surface area contributed by atoms with Gasteiger partial charge in [0.05, 0.1) is 10.6 Å². The lowest BCUT2D eigenvalue weighted by Crippen LogP contribution is -1.87. The van der Waals surface area contributed by atoms with Gasteiger partial charge in [-0.05, 0) is 18.2 Å². The van der Waals surface area contributed by atoms with E-state index in [1.54, 1.807) is 18.2 Å². The highest BCUT2D eigenvalue weighted by atomic mass is 35.5. The number of nitrogen functional groups attached to an aromatic ring is 1. The van der Waals surface area contributed by atoms with Gasteiger partial charge in [-0.15, -0.1) is 0 Å². The molecule has 0 atom stereocenters. The van der Waals surface area contributed by atoms with Crippen molar-refractivity contribution >= 4 is 17.3 Å². The minimum Gasteiger partial charge on any atom is -0.399 e. The lowest BCUT2D eigenvalue weighted by Gasteiger charge is -1.99. The van der Waals surface area contributed by atoms with Gasteiger partial charge in [-0.2, -0.15) is 4.98 Å². The maximum atomic E-state index is 6.10. The summed E-state index contributed by atoms with van der Waals surface area (Å²) in [6, 6.07) is 14.7. The number of nitrogens with zero attached hydrogens (tertiary/aromatic N) is 2. The predicted molar refractivity (Wildman–Crippen MR) is 74.6 cm³/mol. The molecule has 1 heterocycles. The second-order valence-corrected chi connectivity index (χ2v) is 4.44. The molecule has 0 aliphatic carbocycles. The SMILES string of the molecule is Nc1ccc(Cl)c(-c2nc(-c3ccccc3)no2)c1. The summed E-state index contributed by atoms with van der Waals surface area (Å²) < 4.78 is 5.24. The van der Waals surface area contributed by atoms with Gasteiger partial charge in [0, 0.05) is 11.3 Å². The Morgan fingerprint density at radius 2 is 1.84 bits per heavy atom. The molecule has 0 aliphatic heterocycles. The topological polar surface area (TPSA) is 64.9 Å². The van der Waals surface area contributed by atoms with Gasteiger partial charge in [0.25, 0.3) is 5.89 Å². The van der Waals surface area contributed by atoms with E-state index >= 15 is 0 Å². The van der Waals surface area contributed by atoms with Crippen molar-refractivity contribution in [3.8, 4) is 22.8 Å². The number of halogens is 1. The Labute approximate surface area is 114 Å². The van der Waals surface area contributed by atoms with Crippen LogP contribution in [0.4, 0.5) is 5.69 Å². The maximum absolute atomic E-state index is 6.10. The Morgan fingerprint density at radius 1 is 1.05 bits per heavy atom. The summed E-state index contributed by atoms with van der Waals surface area (Å²) in [5, 5.41) is 4.47. The molecule has 1 aromatic heterocycles. The zero-order chi connectivity index (χ0) is 13.2. The number of hydrogen-bond acceptors (Lipinski definition) is 4. The largest absolute Gasteiger partial charge is 0.399 e. The fourth-order valence-electron chi connectivity index (χ4n) is 1.74. The Bertz CT molecular complexity index is 710. The molecule has 2 N–H and O–H groups in total. The molecule has 3 rings (SSSR count). The highest BCUT2D eigenvalue weighted by Gasteiger charge is 2.13. The molecule has 0 saturated carbocycles. The molecular formula is C14H10ClN3O. The zero-order valence-electron chi connectivity index (χ0n) is 9.88. The summed E-state index contributed by atoms with van der Waals surface area (Å²) >= 11 is 6.10. The van der Waals surface area contributed by atoms with Crippen LogP contribution in [0.3, 0.4) is 0 Å². The first-order chi connectivity index (χ1) is 9.24. The van der Waals surface area contributed by atoms with Crippen LogP contribution < -0.4 is 5.73 Å². The van der Waals surface area contributed by atoms with Crippen molar-refractivity contribution in [3.05, 3.63) is 53.6 Å². The molecule has 2 aromatic carbocycles. The Balaban J connectivity index is 2.04. The first-order valence-electron chi connectivity index (χ1n) is 5.68. The first kappa shape index (κ1) is 11.7. The molecule has 0 amide bonds. The lowest BCUT2D eigenvalue weighted by molar-refractivity contribution is 0.432. The molecule has 0 saturated heterocycles. The highest BCUT2D eigenvalue weighted by Crippen LogP contribution is 2.29. The van der Waals surface area contributed by atoms with Crippen LogP contribution in [0.5, 0.6) is 0 Å². The van der Waals surface area contributed by atoms with E-state index in [-0.39, 0.29) is 0 Å². The van der Waals surface area contributed by atoms with Crippen LogP contribution in [-0.4, -0.2) is 10.1 Å². The Kier molecular flexibility index (Phi) is 2.93. The molecule has 19 heavy (non-hydrogen) atoms. The summed E-state index contributed by atoms with van der Waals surface area (Å²) in [4.78, 5) is 4.33. The second kappa shape index (κ2) is 4.74. The van der Waals surface area contributed by atoms with Crippen molar-refractivity contribution < 1.29 is 4.52 Å². The predicted octanol–water partition coefficient (Wildman–Crippen LogP) is 3.64. The van der Waals surface area contributed by atoms with E-state index in [0.717, 1.165) is 5.56 Å². The molecular weight excluding hydrogens is 262 g/mol. The summed E-state index contributed by atoms with van der Waals surface area (Å²) in [6.45, 7) is 0. The summed E-state index contributed by atoms with van der Waals surface area (Å²) in [6.07, 6.45) is 0. The number of nitrogens with two attached hydrogens (primary N) is 1. The van der Waals surface area contributed by atoms with Crippen molar-refractivity contribution in [3.63, 3.8) is 0 Å². The molecule has 0 spiro atoms. The van der Waals surface area contributed by atoms with Gasteiger partial charge in [-0.1, -0.05) is 47.1 Å². The monoisotopic (exact) mass is 271 g/mol. The van der Waals surface area contributed by atoms with Gasteiger partial charge in [-0.25, -0.2) is 0 Å². The third kappa shape index (κ3) is 2.30. The number of rotatable bonds is 2. The third-order valence-electron chi connectivity index (χ3n) is 2.68. The maximum Gasteiger partial charge on any atom is 0.259 e. The fourth-order valence-corrected chi connectivity index (χ4v) is 1.94. The smallest absolute Gasteiger partial charge is 0.259 e. The average Bonchev–Trinajstić information content (AvgIpc) is 2.92. The average molecular weight is 272 g/mol. The molecule has 0 unspecified atom stereocenters. The minimum atomic E-state index is 0.358. The van der Waals surface area contributed by atoms with Gasteiger partial charge < -0.3 is 10.3 Å². The van der Waals surface area contributed by atoms with Crippen molar-refractivity contribution in [2.24, 2.45) is 0 Å². The molecule has 0 bridgehead atoms. The van der Waals surface area contributed by atoms with E-state index < -0.39 is 0 Å². The van der Waals surface area contributed by atoms with Crippen molar-refractivity contribution in [2.45, 2.75) is 0 Å². The Hall–Kier alpha value is -2.33. The molecule has 4 nitrogen and oxygen atoms in total.